The Bertz CT molecular complexity index is 711. The Hall–Kier alpha value is -2.63. The van der Waals surface area contributed by atoms with E-state index < -0.39 is 0 Å². The number of piperidine rings is 1. The van der Waals surface area contributed by atoms with E-state index in [4.69, 9.17) is 4.74 Å². The number of esters is 1. The molecule has 1 atom stereocenters. The van der Waals surface area contributed by atoms with Gasteiger partial charge in [-0.3, -0.25) is 14.2 Å². The summed E-state index contributed by atoms with van der Waals surface area (Å²) >= 11 is 0. The number of amides is 1. The van der Waals surface area contributed by atoms with Gasteiger partial charge in [0.1, 0.15) is 5.69 Å². The quantitative estimate of drug-likeness (QED) is 0.808. The first kappa shape index (κ1) is 16.2. The van der Waals surface area contributed by atoms with Crippen LogP contribution < -0.4 is 0 Å². The molecule has 6 nitrogen and oxygen atoms in total. The number of imidazole rings is 1. The number of benzene rings is 1. The number of carbonyl (C=O) groups is 2. The molecule has 0 radical (unpaired) electrons. The Morgan fingerprint density at radius 2 is 2.08 bits per heavy atom. The van der Waals surface area contributed by atoms with Gasteiger partial charge in [0.25, 0.3) is 5.91 Å². The lowest BCUT2D eigenvalue weighted by Crippen LogP contribution is -2.43. The van der Waals surface area contributed by atoms with Crippen molar-refractivity contribution in [1.82, 2.24) is 14.5 Å². The zero-order valence-electron chi connectivity index (χ0n) is 13.7. The Morgan fingerprint density at radius 3 is 2.83 bits per heavy atom. The molecule has 1 amide bonds. The molecular weight excluding hydrogens is 306 g/mol. The monoisotopic (exact) mass is 327 g/mol. The number of likely N-dealkylation sites (tertiary alicyclic amines) is 1. The highest BCUT2D eigenvalue weighted by Gasteiger charge is 2.31. The van der Waals surface area contributed by atoms with Crippen LogP contribution in [0.1, 0.15) is 30.3 Å². The first-order valence-corrected chi connectivity index (χ1v) is 8.24. The molecule has 1 aliphatic rings. The zero-order chi connectivity index (χ0) is 16.9. The number of para-hydroxylation sites is 1. The summed E-state index contributed by atoms with van der Waals surface area (Å²) in [5, 5.41) is 0. The van der Waals surface area contributed by atoms with Crippen LogP contribution in [0.4, 0.5) is 0 Å². The number of hydrogen-bond acceptors (Lipinski definition) is 4. The maximum absolute atomic E-state index is 12.9. The highest BCUT2D eigenvalue weighted by molar-refractivity contribution is 5.93. The second kappa shape index (κ2) is 7.29. The second-order valence-electron chi connectivity index (χ2n) is 5.83. The van der Waals surface area contributed by atoms with E-state index in [1.807, 2.05) is 30.3 Å². The Balaban J connectivity index is 1.78. The smallest absolute Gasteiger partial charge is 0.310 e. The predicted octanol–water partition coefficient (Wildman–Crippen LogP) is 2.29. The van der Waals surface area contributed by atoms with Crippen molar-refractivity contribution in [1.29, 1.82) is 0 Å². The molecule has 24 heavy (non-hydrogen) atoms. The number of carbonyl (C=O) groups excluding carboxylic acids is 2. The molecule has 1 saturated heterocycles. The number of aromatic nitrogens is 2. The second-order valence-corrected chi connectivity index (χ2v) is 5.83. The van der Waals surface area contributed by atoms with Gasteiger partial charge < -0.3 is 9.64 Å². The fourth-order valence-electron chi connectivity index (χ4n) is 3.02. The summed E-state index contributed by atoms with van der Waals surface area (Å²) in [4.78, 5) is 30.7. The molecule has 0 unspecified atom stereocenters. The molecule has 126 valence electrons. The molecule has 0 N–H and O–H groups in total. The minimum atomic E-state index is -0.240. The molecule has 2 heterocycles. The van der Waals surface area contributed by atoms with Gasteiger partial charge in [-0.1, -0.05) is 18.2 Å². The number of nitrogens with zero attached hydrogens (tertiary/aromatic N) is 3. The lowest BCUT2D eigenvalue weighted by Gasteiger charge is -2.31. The summed E-state index contributed by atoms with van der Waals surface area (Å²) in [5.41, 5.74) is 1.39. The number of hydrogen-bond donors (Lipinski definition) is 0. The zero-order valence-corrected chi connectivity index (χ0v) is 13.7. The van der Waals surface area contributed by atoms with E-state index >= 15 is 0 Å². The fourth-order valence-corrected chi connectivity index (χ4v) is 3.02. The van der Waals surface area contributed by atoms with Crippen LogP contribution in [0.5, 0.6) is 0 Å². The Labute approximate surface area is 141 Å². The van der Waals surface area contributed by atoms with Crippen LogP contribution in [0.2, 0.25) is 0 Å². The van der Waals surface area contributed by atoms with Gasteiger partial charge in [0.05, 0.1) is 25.0 Å². The summed E-state index contributed by atoms with van der Waals surface area (Å²) in [7, 11) is 0. The van der Waals surface area contributed by atoms with Crippen molar-refractivity contribution in [2.75, 3.05) is 19.7 Å². The van der Waals surface area contributed by atoms with Crippen molar-refractivity contribution < 1.29 is 14.3 Å². The van der Waals surface area contributed by atoms with Gasteiger partial charge in [-0.05, 0) is 31.9 Å². The molecule has 1 aromatic heterocycles. The molecule has 1 aliphatic heterocycles. The molecule has 3 rings (SSSR count). The van der Waals surface area contributed by atoms with Gasteiger partial charge in [-0.25, -0.2) is 4.98 Å². The first-order valence-electron chi connectivity index (χ1n) is 8.24. The van der Waals surface area contributed by atoms with Gasteiger partial charge in [-0.2, -0.15) is 0 Å². The van der Waals surface area contributed by atoms with E-state index in [1.165, 1.54) is 0 Å². The number of rotatable bonds is 4. The highest BCUT2D eigenvalue weighted by Crippen LogP contribution is 2.21. The molecule has 0 saturated carbocycles. The molecule has 2 aromatic rings. The van der Waals surface area contributed by atoms with Crippen molar-refractivity contribution in [2.45, 2.75) is 19.8 Å². The van der Waals surface area contributed by atoms with Crippen LogP contribution in [0.15, 0.2) is 42.9 Å². The molecule has 1 fully saturated rings. The van der Waals surface area contributed by atoms with E-state index in [1.54, 1.807) is 28.9 Å². The average molecular weight is 327 g/mol. The molecule has 1 aromatic carbocycles. The maximum atomic E-state index is 12.9. The molecule has 0 aliphatic carbocycles. The Kier molecular flexibility index (Phi) is 4.93. The summed E-state index contributed by atoms with van der Waals surface area (Å²) in [6, 6.07) is 9.62. The third-order valence-electron chi connectivity index (χ3n) is 4.22. The average Bonchev–Trinajstić information content (AvgIpc) is 3.12. The lowest BCUT2D eigenvalue weighted by atomic mass is 9.98. The van der Waals surface area contributed by atoms with Crippen LogP contribution in [0.25, 0.3) is 5.69 Å². The third kappa shape index (κ3) is 3.32. The van der Waals surface area contributed by atoms with E-state index in [2.05, 4.69) is 4.98 Å². The van der Waals surface area contributed by atoms with Gasteiger partial charge >= 0.3 is 5.97 Å². The van der Waals surface area contributed by atoms with Crippen LogP contribution in [-0.4, -0.2) is 46.0 Å². The van der Waals surface area contributed by atoms with E-state index in [0.29, 0.717) is 25.4 Å². The van der Waals surface area contributed by atoms with Crippen LogP contribution in [-0.2, 0) is 9.53 Å². The minimum absolute atomic E-state index is 0.106. The van der Waals surface area contributed by atoms with Gasteiger partial charge in [0, 0.05) is 18.8 Å². The molecular formula is C18H21N3O3. The molecule has 6 heteroatoms. The topological polar surface area (TPSA) is 64.4 Å². The van der Waals surface area contributed by atoms with Crippen molar-refractivity contribution in [3.8, 4) is 5.69 Å². The van der Waals surface area contributed by atoms with Gasteiger partial charge in [0.15, 0.2) is 0 Å². The van der Waals surface area contributed by atoms with E-state index in [0.717, 1.165) is 18.5 Å². The first-order chi connectivity index (χ1) is 11.7. The maximum Gasteiger partial charge on any atom is 0.310 e. The standard InChI is InChI=1S/C18H21N3O3/c1-2-24-18(23)14-7-6-10-20(12-14)17(22)16-11-19-13-21(16)15-8-4-3-5-9-15/h3-5,8-9,11,13-14H,2,6-7,10,12H2,1H3/t14-/m1/s1. The molecule has 0 spiro atoms. The Morgan fingerprint density at radius 1 is 1.29 bits per heavy atom. The van der Waals surface area contributed by atoms with Gasteiger partial charge in [-0.15, -0.1) is 0 Å². The van der Waals surface area contributed by atoms with Crippen LogP contribution in [0, 0.1) is 5.92 Å². The van der Waals surface area contributed by atoms with E-state index in [-0.39, 0.29) is 17.8 Å². The fraction of sp³-hybridized carbons (Fsp3) is 0.389. The van der Waals surface area contributed by atoms with Crippen molar-refractivity contribution in [3.63, 3.8) is 0 Å². The van der Waals surface area contributed by atoms with Crippen molar-refractivity contribution in [3.05, 3.63) is 48.5 Å². The van der Waals surface area contributed by atoms with Gasteiger partial charge in [0.2, 0.25) is 0 Å². The number of ether oxygens (including phenoxy) is 1. The van der Waals surface area contributed by atoms with Crippen molar-refractivity contribution in [2.24, 2.45) is 5.92 Å². The highest BCUT2D eigenvalue weighted by atomic mass is 16.5. The summed E-state index contributed by atoms with van der Waals surface area (Å²) in [6.45, 7) is 3.21. The van der Waals surface area contributed by atoms with E-state index in [9.17, 15) is 9.59 Å². The van der Waals surface area contributed by atoms with Crippen LogP contribution >= 0.6 is 0 Å². The van der Waals surface area contributed by atoms with Crippen molar-refractivity contribution >= 4 is 11.9 Å². The lowest BCUT2D eigenvalue weighted by molar-refractivity contribution is -0.149. The normalized spacial score (nSPS) is 17.5. The predicted molar refractivity (Wildman–Crippen MR) is 88.8 cm³/mol. The van der Waals surface area contributed by atoms with Crippen LogP contribution in [0.3, 0.4) is 0 Å². The summed E-state index contributed by atoms with van der Waals surface area (Å²) in [6.07, 6.45) is 4.77. The molecule has 0 bridgehead atoms. The third-order valence-corrected chi connectivity index (χ3v) is 4.22. The minimum Gasteiger partial charge on any atom is -0.466 e. The SMILES string of the molecule is CCOC(=O)[C@@H]1CCCN(C(=O)c2cncn2-c2ccccc2)C1. The summed E-state index contributed by atoms with van der Waals surface area (Å²) < 4.78 is 6.87. The summed E-state index contributed by atoms with van der Waals surface area (Å²) in [5.74, 6) is -0.562. The largest absolute Gasteiger partial charge is 0.466 e.